The SMILES string of the molecule is CCc1nccn1CC(=O)N1CCC[C@@H](OCc2ccccn2)C1. The first kappa shape index (κ1) is 16.6. The van der Waals surface area contributed by atoms with Gasteiger partial charge in [0, 0.05) is 38.1 Å². The largest absolute Gasteiger partial charge is 0.370 e. The first-order chi connectivity index (χ1) is 11.8. The third-order valence-corrected chi connectivity index (χ3v) is 4.35. The molecule has 0 unspecified atom stereocenters. The summed E-state index contributed by atoms with van der Waals surface area (Å²) in [5.74, 6) is 1.08. The molecule has 0 bridgehead atoms. The van der Waals surface area contributed by atoms with Crippen LogP contribution in [0.25, 0.3) is 0 Å². The molecule has 6 nitrogen and oxygen atoms in total. The molecule has 0 radical (unpaired) electrons. The zero-order valence-corrected chi connectivity index (χ0v) is 14.1. The molecule has 1 fully saturated rings. The number of carbonyl (C=O) groups excluding carboxylic acids is 1. The Morgan fingerprint density at radius 1 is 1.33 bits per heavy atom. The lowest BCUT2D eigenvalue weighted by Crippen LogP contribution is -2.44. The molecule has 3 rings (SSSR count). The summed E-state index contributed by atoms with van der Waals surface area (Å²) in [6.07, 6.45) is 8.27. The Hall–Kier alpha value is -2.21. The van der Waals surface area contributed by atoms with Crippen LogP contribution in [0.1, 0.15) is 31.3 Å². The van der Waals surface area contributed by atoms with Gasteiger partial charge < -0.3 is 14.2 Å². The van der Waals surface area contributed by atoms with Crippen LogP contribution >= 0.6 is 0 Å². The fourth-order valence-electron chi connectivity index (χ4n) is 3.03. The van der Waals surface area contributed by atoms with Crippen LogP contribution in [-0.4, -0.2) is 44.5 Å². The first-order valence-electron chi connectivity index (χ1n) is 8.55. The van der Waals surface area contributed by atoms with E-state index in [9.17, 15) is 4.79 Å². The molecule has 1 atom stereocenters. The van der Waals surface area contributed by atoms with E-state index >= 15 is 0 Å². The predicted molar refractivity (Wildman–Crippen MR) is 90.2 cm³/mol. The number of rotatable bonds is 6. The van der Waals surface area contributed by atoms with Crippen molar-refractivity contribution >= 4 is 5.91 Å². The minimum Gasteiger partial charge on any atom is -0.370 e. The van der Waals surface area contributed by atoms with Gasteiger partial charge in [0.25, 0.3) is 0 Å². The molecule has 3 heterocycles. The van der Waals surface area contributed by atoms with Gasteiger partial charge in [0.15, 0.2) is 0 Å². The van der Waals surface area contributed by atoms with Gasteiger partial charge in [-0.25, -0.2) is 4.98 Å². The molecule has 0 aromatic carbocycles. The number of likely N-dealkylation sites (tertiary alicyclic amines) is 1. The molecule has 128 valence electrons. The van der Waals surface area contributed by atoms with E-state index < -0.39 is 0 Å². The maximum atomic E-state index is 12.6. The van der Waals surface area contributed by atoms with Gasteiger partial charge in [0.05, 0.1) is 18.4 Å². The second kappa shape index (κ2) is 8.06. The van der Waals surface area contributed by atoms with E-state index in [2.05, 4.69) is 9.97 Å². The number of imidazole rings is 1. The van der Waals surface area contributed by atoms with Crippen LogP contribution in [0.5, 0.6) is 0 Å². The van der Waals surface area contributed by atoms with Gasteiger partial charge >= 0.3 is 0 Å². The standard InChI is InChI=1S/C18H24N4O2/c1-2-17-20-9-11-21(17)13-18(23)22-10-5-7-16(12-22)24-14-15-6-3-4-8-19-15/h3-4,6,8-9,11,16H,2,5,7,10,12-14H2,1H3/t16-/m1/s1. The van der Waals surface area contributed by atoms with Crippen molar-refractivity contribution < 1.29 is 9.53 Å². The van der Waals surface area contributed by atoms with Gasteiger partial charge in [0.1, 0.15) is 12.4 Å². The van der Waals surface area contributed by atoms with Crippen LogP contribution < -0.4 is 0 Å². The van der Waals surface area contributed by atoms with Crippen LogP contribution in [0, 0.1) is 0 Å². The third-order valence-electron chi connectivity index (χ3n) is 4.35. The summed E-state index contributed by atoms with van der Waals surface area (Å²) in [5.41, 5.74) is 0.923. The highest BCUT2D eigenvalue weighted by atomic mass is 16.5. The zero-order chi connectivity index (χ0) is 16.8. The maximum Gasteiger partial charge on any atom is 0.242 e. The molecule has 0 spiro atoms. The number of carbonyl (C=O) groups is 1. The highest BCUT2D eigenvalue weighted by Crippen LogP contribution is 2.15. The van der Waals surface area contributed by atoms with Crippen LogP contribution in [0.3, 0.4) is 0 Å². The topological polar surface area (TPSA) is 60.2 Å². The van der Waals surface area contributed by atoms with Crippen molar-refractivity contribution in [1.29, 1.82) is 0 Å². The molecule has 0 N–H and O–H groups in total. The number of hydrogen-bond donors (Lipinski definition) is 0. The first-order valence-corrected chi connectivity index (χ1v) is 8.55. The van der Waals surface area contributed by atoms with Crippen LogP contribution in [0.15, 0.2) is 36.8 Å². The molecule has 6 heteroatoms. The third kappa shape index (κ3) is 4.20. The minimum atomic E-state index is 0.0816. The van der Waals surface area contributed by atoms with E-state index in [-0.39, 0.29) is 12.0 Å². The van der Waals surface area contributed by atoms with E-state index in [1.807, 2.05) is 40.8 Å². The van der Waals surface area contributed by atoms with Crippen molar-refractivity contribution in [2.45, 2.75) is 45.4 Å². The Kier molecular flexibility index (Phi) is 5.59. The summed E-state index contributed by atoms with van der Waals surface area (Å²) in [6.45, 7) is 4.36. The number of hydrogen-bond acceptors (Lipinski definition) is 4. The molecule has 24 heavy (non-hydrogen) atoms. The number of amides is 1. The summed E-state index contributed by atoms with van der Waals surface area (Å²) >= 11 is 0. The molecule has 0 aliphatic carbocycles. The monoisotopic (exact) mass is 328 g/mol. The smallest absolute Gasteiger partial charge is 0.242 e. The maximum absolute atomic E-state index is 12.6. The van der Waals surface area contributed by atoms with Gasteiger partial charge in [-0.2, -0.15) is 0 Å². The average molecular weight is 328 g/mol. The Bertz CT molecular complexity index is 656. The van der Waals surface area contributed by atoms with Crippen LogP contribution in [0.4, 0.5) is 0 Å². The summed E-state index contributed by atoms with van der Waals surface area (Å²) in [5, 5.41) is 0. The van der Waals surface area contributed by atoms with E-state index in [1.165, 1.54) is 0 Å². The summed E-state index contributed by atoms with van der Waals surface area (Å²) in [7, 11) is 0. The quantitative estimate of drug-likeness (QED) is 0.814. The van der Waals surface area contributed by atoms with E-state index in [4.69, 9.17) is 4.74 Å². The fourth-order valence-corrected chi connectivity index (χ4v) is 3.03. The summed E-state index contributed by atoms with van der Waals surface area (Å²) < 4.78 is 7.89. The molecular weight excluding hydrogens is 304 g/mol. The van der Waals surface area contributed by atoms with Crippen molar-refractivity contribution in [3.8, 4) is 0 Å². The minimum absolute atomic E-state index is 0.0816. The normalized spacial score (nSPS) is 17.9. The summed E-state index contributed by atoms with van der Waals surface area (Å²) in [4.78, 5) is 23.0. The number of pyridine rings is 1. The van der Waals surface area contributed by atoms with Crippen LogP contribution in [-0.2, 0) is 29.1 Å². The molecule has 1 amide bonds. The van der Waals surface area contributed by atoms with Crippen molar-refractivity contribution in [2.75, 3.05) is 13.1 Å². The van der Waals surface area contributed by atoms with E-state index in [1.54, 1.807) is 12.4 Å². The Labute approximate surface area is 142 Å². The van der Waals surface area contributed by atoms with Gasteiger partial charge in [-0.15, -0.1) is 0 Å². The molecular formula is C18H24N4O2. The number of aromatic nitrogens is 3. The van der Waals surface area contributed by atoms with Crippen molar-refractivity contribution in [1.82, 2.24) is 19.4 Å². The van der Waals surface area contributed by atoms with Crippen molar-refractivity contribution in [2.24, 2.45) is 0 Å². The van der Waals surface area contributed by atoms with Gasteiger partial charge in [-0.1, -0.05) is 13.0 Å². The molecule has 1 aliphatic rings. The number of ether oxygens (including phenoxy) is 1. The fraction of sp³-hybridized carbons (Fsp3) is 0.500. The van der Waals surface area contributed by atoms with Gasteiger partial charge in [-0.3, -0.25) is 9.78 Å². The Morgan fingerprint density at radius 2 is 2.25 bits per heavy atom. The highest BCUT2D eigenvalue weighted by molar-refractivity contribution is 5.76. The number of piperidine rings is 1. The second-order valence-corrected chi connectivity index (χ2v) is 6.06. The van der Waals surface area contributed by atoms with Gasteiger partial charge in [-0.05, 0) is 25.0 Å². The van der Waals surface area contributed by atoms with E-state index in [0.29, 0.717) is 19.7 Å². The van der Waals surface area contributed by atoms with E-state index in [0.717, 1.165) is 37.3 Å². The predicted octanol–water partition coefficient (Wildman–Crippen LogP) is 2.05. The molecule has 2 aromatic rings. The number of nitrogens with zero attached hydrogens (tertiary/aromatic N) is 4. The lowest BCUT2D eigenvalue weighted by molar-refractivity contribution is -0.136. The molecule has 0 saturated carbocycles. The molecule has 2 aromatic heterocycles. The second-order valence-electron chi connectivity index (χ2n) is 6.06. The van der Waals surface area contributed by atoms with Crippen molar-refractivity contribution in [3.63, 3.8) is 0 Å². The van der Waals surface area contributed by atoms with Gasteiger partial charge in [0.2, 0.25) is 5.91 Å². The highest BCUT2D eigenvalue weighted by Gasteiger charge is 2.24. The lowest BCUT2D eigenvalue weighted by Gasteiger charge is -2.32. The van der Waals surface area contributed by atoms with Crippen LogP contribution in [0.2, 0.25) is 0 Å². The lowest BCUT2D eigenvalue weighted by atomic mass is 10.1. The molecule has 1 saturated heterocycles. The average Bonchev–Trinajstić information content (AvgIpc) is 3.08. The summed E-state index contributed by atoms with van der Waals surface area (Å²) in [6, 6.07) is 5.81. The Balaban J connectivity index is 1.52. The molecule has 1 aliphatic heterocycles. The Morgan fingerprint density at radius 3 is 3.04 bits per heavy atom. The zero-order valence-electron chi connectivity index (χ0n) is 14.1. The van der Waals surface area contributed by atoms with Crippen molar-refractivity contribution in [3.05, 3.63) is 48.3 Å². The number of aryl methyl sites for hydroxylation is 1.